The van der Waals surface area contributed by atoms with Crippen LogP contribution in [0.25, 0.3) is 0 Å². The third-order valence-corrected chi connectivity index (χ3v) is 3.31. The number of anilines is 1. The summed E-state index contributed by atoms with van der Waals surface area (Å²) in [5, 5.41) is 14.1. The van der Waals surface area contributed by atoms with E-state index in [9.17, 15) is 10.1 Å². The first-order valence-electron chi connectivity index (χ1n) is 5.84. The number of nitro groups is 1. The van der Waals surface area contributed by atoms with E-state index in [0.717, 1.165) is 17.5 Å². The molecule has 0 atom stereocenters. The van der Waals surface area contributed by atoms with E-state index in [-0.39, 0.29) is 0 Å². The van der Waals surface area contributed by atoms with Gasteiger partial charge in [-0.3, -0.25) is 10.1 Å². The summed E-state index contributed by atoms with van der Waals surface area (Å²) in [5.41, 5.74) is 3.42. The maximum atomic E-state index is 10.5. The Kier molecular flexibility index (Phi) is 5.69. The molecular weight excluding hydrogens is 262 g/mol. The molecule has 0 bridgehead atoms. The Bertz CT molecular complexity index is 487. The molecule has 0 unspecified atom stereocenters. The van der Waals surface area contributed by atoms with E-state index in [1.807, 2.05) is 44.3 Å². The molecule has 6 heteroatoms. The third kappa shape index (κ3) is 4.82. The molecule has 0 saturated carbocycles. The number of benzene rings is 1. The van der Waals surface area contributed by atoms with Gasteiger partial charge in [-0.2, -0.15) is 0 Å². The smallest absolute Gasteiger partial charge is 0.263 e. The molecule has 5 nitrogen and oxygen atoms in total. The van der Waals surface area contributed by atoms with Crippen molar-refractivity contribution in [1.82, 2.24) is 5.32 Å². The van der Waals surface area contributed by atoms with Gasteiger partial charge in [-0.15, -0.1) is 11.8 Å². The summed E-state index contributed by atoms with van der Waals surface area (Å²) in [5.74, 6) is 0. The van der Waals surface area contributed by atoms with Crippen molar-refractivity contribution >= 4 is 17.4 Å². The average Bonchev–Trinajstić information content (AvgIpc) is 2.34. The molecule has 0 fully saturated rings. The number of aryl methyl sites for hydroxylation is 1. The van der Waals surface area contributed by atoms with E-state index in [1.54, 1.807) is 0 Å². The molecule has 0 radical (unpaired) electrons. The fraction of sp³-hybridized carbons (Fsp3) is 0.385. The molecule has 19 heavy (non-hydrogen) atoms. The quantitative estimate of drug-likeness (QED) is 0.641. The predicted molar refractivity (Wildman–Crippen MR) is 80.9 cm³/mol. The van der Waals surface area contributed by atoms with Crippen LogP contribution in [0.5, 0.6) is 0 Å². The Morgan fingerprint density at radius 3 is 2.74 bits per heavy atom. The van der Waals surface area contributed by atoms with E-state index < -0.39 is 4.92 Å². The summed E-state index contributed by atoms with van der Waals surface area (Å²) in [6.45, 7) is 2.61. The normalized spacial score (nSPS) is 11.3. The van der Waals surface area contributed by atoms with Crippen molar-refractivity contribution in [2.24, 2.45) is 0 Å². The zero-order chi connectivity index (χ0) is 14.4. The monoisotopic (exact) mass is 281 g/mol. The molecule has 0 heterocycles. The summed E-state index contributed by atoms with van der Waals surface area (Å²) in [7, 11) is 3.97. The highest BCUT2D eigenvalue weighted by Crippen LogP contribution is 2.21. The molecule has 1 aromatic rings. The maximum absolute atomic E-state index is 10.5. The van der Waals surface area contributed by atoms with Crippen LogP contribution >= 0.6 is 11.8 Å². The van der Waals surface area contributed by atoms with Gasteiger partial charge in [-0.25, -0.2) is 0 Å². The van der Waals surface area contributed by atoms with Crippen molar-refractivity contribution in [3.8, 4) is 0 Å². The van der Waals surface area contributed by atoms with Gasteiger partial charge < -0.3 is 10.2 Å². The minimum Gasteiger partial charge on any atom is -0.377 e. The molecule has 1 aromatic carbocycles. The van der Waals surface area contributed by atoms with Crippen LogP contribution in [0.4, 0.5) is 5.69 Å². The van der Waals surface area contributed by atoms with Crippen molar-refractivity contribution in [2.75, 3.05) is 25.3 Å². The summed E-state index contributed by atoms with van der Waals surface area (Å²) < 4.78 is 0. The van der Waals surface area contributed by atoms with Crippen molar-refractivity contribution in [3.63, 3.8) is 0 Å². The van der Waals surface area contributed by atoms with E-state index >= 15 is 0 Å². The fourth-order valence-electron chi connectivity index (χ4n) is 1.69. The van der Waals surface area contributed by atoms with Gasteiger partial charge in [0.05, 0.1) is 4.92 Å². The molecule has 0 aliphatic rings. The predicted octanol–water partition coefficient (Wildman–Crippen LogP) is 2.59. The van der Waals surface area contributed by atoms with Crippen LogP contribution in [0.15, 0.2) is 29.4 Å². The van der Waals surface area contributed by atoms with E-state index in [2.05, 4.69) is 11.4 Å². The Balaban J connectivity index is 2.85. The largest absolute Gasteiger partial charge is 0.377 e. The van der Waals surface area contributed by atoms with Gasteiger partial charge in [-0.05, 0) is 30.4 Å². The van der Waals surface area contributed by atoms with Gasteiger partial charge in [0.15, 0.2) is 0 Å². The fourth-order valence-corrected chi connectivity index (χ4v) is 2.10. The molecule has 0 aliphatic heterocycles. The molecule has 0 saturated heterocycles. The molecule has 1 rings (SSSR count). The zero-order valence-electron chi connectivity index (χ0n) is 11.6. The van der Waals surface area contributed by atoms with Crippen LogP contribution in [-0.4, -0.2) is 25.3 Å². The molecule has 1 N–H and O–H groups in total. The molecule has 0 amide bonds. The molecule has 0 aliphatic carbocycles. The number of nitrogens with one attached hydrogen (secondary N) is 1. The SMILES string of the molecule is CSC(=C[N+](=O)[O-])NCc1ccc(C)cc1N(C)C. The second kappa shape index (κ2) is 7.04. The number of nitrogens with zero attached hydrogens (tertiary/aromatic N) is 2. The van der Waals surface area contributed by atoms with Crippen molar-refractivity contribution < 1.29 is 4.92 Å². The van der Waals surface area contributed by atoms with Gasteiger partial charge in [0.1, 0.15) is 5.03 Å². The van der Waals surface area contributed by atoms with Crippen LogP contribution in [0.2, 0.25) is 0 Å². The van der Waals surface area contributed by atoms with Crippen LogP contribution in [-0.2, 0) is 6.54 Å². The molecular formula is C13H19N3O2S. The first-order chi connectivity index (χ1) is 8.93. The minimum absolute atomic E-state index is 0.444. The highest BCUT2D eigenvalue weighted by atomic mass is 32.2. The third-order valence-electron chi connectivity index (χ3n) is 2.62. The number of thioether (sulfide) groups is 1. The molecule has 0 aromatic heterocycles. The first kappa shape index (κ1) is 15.4. The standard InChI is InChI=1S/C13H19N3O2S/c1-10-5-6-11(12(7-10)15(2)3)8-14-13(19-4)9-16(17)18/h5-7,9,14H,8H2,1-4H3. The topological polar surface area (TPSA) is 58.4 Å². The van der Waals surface area contributed by atoms with Gasteiger partial charge in [0.2, 0.25) is 0 Å². The summed E-state index contributed by atoms with van der Waals surface area (Å²) in [4.78, 5) is 12.1. The first-order valence-corrected chi connectivity index (χ1v) is 7.06. The summed E-state index contributed by atoms with van der Waals surface area (Å²) in [6.07, 6.45) is 2.80. The summed E-state index contributed by atoms with van der Waals surface area (Å²) >= 11 is 1.33. The van der Waals surface area contributed by atoms with Crippen molar-refractivity contribution in [1.29, 1.82) is 0 Å². The van der Waals surface area contributed by atoms with Crippen LogP contribution in [0.1, 0.15) is 11.1 Å². The van der Waals surface area contributed by atoms with E-state index in [0.29, 0.717) is 11.6 Å². The Morgan fingerprint density at radius 1 is 1.53 bits per heavy atom. The van der Waals surface area contributed by atoms with Gasteiger partial charge in [-0.1, -0.05) is 12.1 Å². The average molecular weight is 281 g/mol. The Morgan fingerprint density at radius 2 is 2.21 bits per heavy atom. The van der Waals surface area contributed by atoms with Gasteiger partial charge in [0, 0.05) is 26.3 Å². The molecule has 0 spiro atoms. The van der Waals surface area contributed by atoms with Crippen LogP contribution < -0.4 is 10.2 Å². The van der Waals surface area contributed by atoms with E-state index in [4.69, 9.17) is 0 Å². The number of rotatable bonds is 6. The highest BCUT2D eigenvalue weighted by molar-refractivity contribution is 8.02. The van der Waals surface area contributed by atoms with Crippen LogP contribution in [0.3, 0.4) is 0 Å². The van der Waals surface area contributed by atoms with Gasteiger partial charge >= 0.3 is 0 Å². The second-order valence-corrected chi connectivity index (χ2v) is 5.21. The number of hydrogen-bond acceptors (Lipinski definition) is 5. The van der Waals surface area contributed by atoms with Crippen molar-refractivity contribution in [2.45, 2.75) is 13.5 Å². The Hall–Kier alpha value is -1.69. The number of hydrogen-bond donors (Lipinski definition) is 1. The minimum atomic E-state index is -0.444. The van der Waals surface area contributed by atoms with Gasteiger partial charge in [0.25, 0.3) is 6.20 Å². The van der Waals surface area contributed by atoms with Crippen molar-refractivity contribution in [3.05, 3.63) is 50.7 Å². The lowest BCUT2D eigenvalue weighted by Crippen LogP contribution is -2.17. The summed E-state index contributed by atoms with van der Waals surface area (Å²) in [6, 6.07) is 6.19. The van der Waals surface area contributed by atoms with Crippen LogP contribution in [0, 0.1) is 17.0 Å². The van der Waals surface area contributed by atoms with E-state index in [1.165, 1.54) is 17.3 Å². The second-order valence-electron chi connectivity index (χ2n) is 4.36. The lowest BCUT2D eigenvalue weighted by atomic mass is 10.1. The molecule has 104 valence electrons. The lowest BCUT2D eigenvalue weighted by molar-refractivity contribution is -0.403. The lowest BCUT2D eigenvalue weighted by Gasteiger charge is -2.19. The Labute approximate surface area is 117 Å². The highest BCUT2D eigenvalue weighted by Gasteiger charge is 2.07. The maximum Gasteiger partial charge on any atom is 0.263 e. The zero-order valence-corrected chi connectivity index (χ0v) is 12.5.